The lowest BCUT2D eigenvalue weighted by atomic mass is 9.93. The number of hydrogen-bond acceptors (Lipinski definition) is 2. The Hall–Kier alpha value is -3.15. The van der Waals surface area contributed by atoms with Crippen molar-refractivity contribution in [2.24, 2.45) is 0 Å². The molecular weight excluding hydrogens is 480 g/mol. The number of hydrogen-bond donors (Lipinski definition) is 1. The predicted molar refractivity (Wildman–Crippen MR) is 134 cm³/mol. The first-order valence-corrected chi connectivity index (χ1v) is 12.2. The molecule has 1 N–H and O–H groups in total. The molecule has 0 spiro atoms. The summed E-state index contributed by atoms with van der Waals surface area (Å²) in [7, 11) is 0. The molecule has 156 valence electrons. The van der Waals surface area contributed by atoms with Crippen molar-refractivity contribution in [2.75, 3.05) is 0 Å². The lowest BCUT2D eigenvalue weighted by molar-refractivity contribution is 0.0739. The molecule has 0 saturated carbocycles. The quantitative estimate of drug-likeness (QED) is 0.275. The second kappa shape index (κ2) is 7.76. The third kappa shape index (κ3) is 3.12. The molecule has 0 fully saturated rings. The number of carbonyl (C=O) groups is 1. The van der Waals surface area contributed by atoms with Crippen LogP contribution < -0.4 is 0 Å². The minimum atomic E-state index is -0.157. The molecule has 3 nitrogen and oxygen atoms in total. The average molecular weight is 499 g/mol. The van der Waals surface area contributed by atoms with Crippen LogP contribution in [0, 0.1) is 0 Å². The zero-order valence-electron chi connectivity index (χ0n) is 17.1. The predicted octanol–water partition coefficient (Wildman–Crippen LogP) is 7.40. The van der Waals surface area contributed by atoms with Gasteiger partial charge in [-0.1, -0.05) is 70.5 Å². The van der Waals surface area contributed by atoms with Crippen molar-refractivity contribution >= 4 is 44.1 Å². The van der Waals surface area contributed by atoms with Gasteiger partial charge in [-0.15, -0.1) is 11.3 Å². The largest absolute Gasteiger partial charge is 0.354 e. The van der Waals surface area contributed by atoms with Crippen molar-refractivity contribution in [1.29, 1.82) is 0 Å². The normalized spacial score (nSPS) is 15.5. The average Bonchev–Trinajstić information content (AvgIpc) is 3.53. The molecule has 5 aromatic rings. The second-order valence-electron chi connectivity index (χ2n) is 7.97. The molecule has 1 amide bonds. The van der Waals surface area contributed by atoms with Crippen LogP contribution >= 0.6 is 27.3 Å². The van der Waals surface area contributed by atoms with E-state index in [4.69, 9.17) is 0 Å². The van der Waals surface area contributed by atoms with Crippen molar-refractivity contribution in [3.63, 3.8) is 0 Å². The molecule has 1 unspecified atom stereocenters. The van der Waals surface area contributed by atoms with E-state index >= 15 is 0 Å². The number of aromatic amines is 1. The van der Waals surface area contributed by atoms with Gasteiger partial charge in [-0.05, 0) is 46.8 Å². The molecular formula is C27H19BrN2OS. The number of rotatable bonds is 4. The summed E-state index contributed by atoms with van der Waals surface area (Å²) in [6.07, 6.45) is 0. The van der Waals surface area contributed by atoms with Gasteiger partial charge in [-0.3, -0.25) is 4.79 Å². The van der Waals surface area contributed by atoms with E-state index in [9.17, 15) is 4.79 Å². The van der Waals surface area contributed by atoms with Gasteiger partial charge < -0.3 is 9.88 Å². The van der Waals surface area contributed by atoms with Gasteiger partial charge in [0.05, 0.1) is 18.3 Å². The van der Waals surface area contributed by atoms with Gasteiger partial charge in [0, 0.05) is 31.4 Å². The van der Waals surface area contributed by atoms with Gasteiger partial charge in [0.25, 0.3) is 5.91 Å². The smallest absolute Gasteiger partial charge is 0.255 e. The minimum absolute atomic E-state index is 0.0889. The Labute approximate surface area is 198 Å². The van der Waals surface area contributed by atoms with Crippen LogP contribution in [0.5, 0.6) is 0 Å². The number of aromatic nitrogens is 1. The summed E-state index contributed by atoms with van der Waals surface area (Å²) in [5, 5.41) is 3.22. The fraction of sp³-hybridized carbons (Fsp3) is 0.0741. The third-order valence-electron chi connectivity index (χ3n) is 6.12. The van der Waals surface area contributed by atoms with E-state index in [-0.39, 0.29) is 11.9 Å². The van der Waals surface area contributed by atoms with Crippen molar-refractivity contribution in [3.8, 4) is 11.3 Å². The fourth-order valence-corrected chi connectivity index (χ4v) is 5.67. The monoisotopic (exact) mass is 498 g/mol. The van der Waals surface area contributed by atoms with Crippen molar-refractivity contribution < 1.29 is 4.79 Å². The zero-order chi connectivity index (χ0) is 21.7. The van der Waals surface area contributed by atoms with Crippen LogP contribution in [0.1, 0.15) is 32.4 Å². The summed E-state index contributed by atoms with van der Waals surface area (Å²) in [5.74, 6) is 0.0889. The van der Waals surface area contributed by atoms with E-state index in [1.807, 2.05) is 35.2 Å². The van der Waals surface area contributed by atoms with Crippen LogP contribution in [0.4, 0.5) is 0 Å². The molecule has 0 saturated heterocycles. The molecule has 32 heavy (non-hydrogen) atoms. The molecule has 0 aliphatic carbocycles. The number of para-hydroxylation sites is 1. The molecule has 2 aromatic heterocycles. The second-order valence-corrected chi connectivity index (χ2v) is 9.92. The van der Waals surface area contributed by atoms with Gasteiger partial charge >= 0.3 is 0 Å². The summed E-state index contributed by atoms with van der Waals surface area (Å²) in [5.41, 5.74) is 6.25. The first-order valence-electron chi connectivity index (χ1n) is 10.5. The van der Waals surface area contributed by atoms with Crippen LogP contribution in [-0.4, -0.2) is 15.8 Å². The lowest BCUT2D eigenvalue weighted by Crippen LogP contribution is -2.28. The molecule has 0 radical (unpaired) electrons. The number of nitrogens with one attached hydrogen (secondary N) is 1. The van der Waals surface area contributed by atoms with E-state index in [1.54, 1.807) is 11.3 Å². The third-order valence-corrected chi connectivity index (χ3v) is 7.51. The van der Waals surface area contributed by atoms with Crippen LogP contribution in [0.3, 0.4) is 0 Å². The summed E-state index contributed by atoms with van der Waals surface area (Å²) in [6.45, 7) is 0.592. The first-order chi connectivity index (χ1) is 15.7. The Morgan fingerprint density at radius 2 is 1.69 bits per heavy atom. The maximum atomic E-state index is 13.6. The first kappa shape index (κ1) is 19.5. The summed E-state index contributed by atoms with van der Waals surface area (Å²) in [4.78, 5) is 20.4. The van der Waals surface area contributed by atoms with Gasteiger partial charge in [0.15, 0.2) is 0 Å². The Balaban J connectivity index is 1.61. The summed E-state index contributed by atoms with van der Waals surface area (Å²) >= 11 is 5.24. The van der Waals surface area contributed by atoms with Crippen LogP contribution in [0.15, 0.2) is 94.8 Å². The van der Waals surface area contributed by atoms with E-state index in [0.29, 0.717) is 6.54 Å². The Bertz CT molecular complexity index is 1440. The number of benzene rings is 3. The highest BCUT2D eigenvalue weighted by Gasteiger charge is 2.40. The van der Waals surface area contributed by atoms with Gasteiger partial charge in [0.2, 0.25) is 0 Å². The van der Waals surface area contributed by atoms with E-state index in [0.717, 1.165) is 43.3 Å². The Morgan fingerprint density at radius 3 is 2.50 bits per heavy atom. The van der Waals surface area contributed by atoms with Crippen molar-refractivity contribution in [3.05, 3.63) is 116 Å². The number of thiophene rings is 1. The molecule has 5 heteroatoms. The SMILES string of the molecule is O=C1c2ccccc2C(c2c(-c3ccc(Br)cc3)[nH]c3ccccc23)N1Cc1cccs1. The van der Waals surface area contributed by atoms with Crippen LogP contribution in [0.2, 0.25) is 0 Å². The van der Waals surface area contributed by atoms with E-state index in [2.05, 4.69) is 80.9 Å². The van der Waals surface area contributed by atoms with E-state index in [1.165, 1.54) is 4.88 Å². The number of halogens is 1. The zero-order valence-corrected chi connectivity index (χ0v) is 19.5. The molecule has 0 bridgehead atoms. The minimum Gasteiger partial charge on any atom is -0.354 e. The Morgan fingerprint density at radius 1 is 0.906 bits per heavy atom. The molecule has 6 rings (SSSR count). The van der Waals surface area contributed by atoms with E-state index < -0.39 is 0 Å². The van der Waals surface area contributed by atoms with Gasteiger partial charge in [-0.2, -0.15) is 0 Å². The van der Waals surface area contributed by atoms with Crippen LogP contribution in [-0.2, 0) is 6.54 Å². The maximum Gasteiger partial charge on any atom is 0.255 e. The number of nitrogens with zero attached hydrogens (tertiary/aromatic N) is 1. The summed E-state index contributed by atoms with van der Waals surface area (Å²) in [6, 6.07) is 28.7. The lowest BCUT2D eigenvalue weighted by Gasteiger charge is -2.26. The topological polar surface area (TPSA) is 36.1 Å². The fourth-order valence-electron chi connectivity index (χ4n) is 4.71. The molecule has 3 aromatic carbocycles. The van der Waals surface area contributed by atoms with Crippen LogP contribution in [0.25, 0.3) is 22.2 Å². The summed E-state index contributed by atoms with van der Waals surface area (Å²) < 4.78 is 1.04. The van der Waals surface area contributed by atoms with Gasteiger partial charge in [-0.25, -0.2) is 0 Å². The number of carbonyl (C=O) groups excluding carboxylic acids is 1. The highest BCUT2D eigenvalue weighted by molar-refractivity contribution is 9.10. The number of H-pyrrole nitrogens is 1. The number of fused-ring (bicyclic) bond motifs is 2. The maximum absolute atomic E-state index is 13.6. The van der Waals surface area contributed by atoms with Crippen molar-refractivity contribution in [1.82, 2.24) is 9.88 Å². The standard InChI is InChI=1S/C27H19BrN2OS/c28-18-13-11-17(12-14-18)25-24(22-9-3-4-10-23(22)29-25)26-20-7-1-2-8-21(20)27(31)30(26)16-19-6-5-15-32-19/h1-15,26,29H,16H2. The van der Waals surface area contributed by atoms with Crippen molar-refractivity contribution in [2.45, 2.75) is 12.6 Å². The highest BCUT2D eigenvalue weighted by atomic mass is 79.9. The molecule has 3 heterocycles. The molecule has 1 aliphatic heterocycles. The molecule has 1 aliphatic rings. The number of amides is 1. The highest BCUT2D eigenvalue weighted by Crippen LogP contribution is 2.46. The Kier molecular flexibility index (Phi) is 4.74. The van der Waals surface area contributed by atoms with Gasteiger partial charge in [0.1, 0.15) is 0 Å². The molecule has 1 atom stereocenters.